The molecule has 0 aromatic heterocycles. The number of nitrogens with one attached hydrogen (secondary N) is 1. The summed E-state index contributed by atoms with van der Waals surface area (Å²) in [5, 5.41) is 2.86. The molecule has 0 bridgehead atoms. The van der Waals surface area contributed by atoms with Gasteiger partial charge in [-0.05, 0) is 42.3 Å². The van der Waals surface area contributed by atoms with Crippen LogP contribution in [0.2, 0.25) is 0 Å². The Balaban J connectivity index is 1.86. The van der Waals surface area contributed by atoms with Gasteiger partial charge < -0.3 is 16.8 Å². The van der Waals surface area contributed by atoms with Crippen LogP contribution in [0.25, 0.3) is 0 Å². The van der Waals surface area contributed by atoms with E-state index in [1.165, 1.54) is 0 Å². The van der Waals surface area contributed by atoms with E-state index in [1.54, 1.807) is 24.3 Å². The normalized spacial score (nSPS) is 10.1. The van der Waals surface area contributed by atoms with Gasteiger partial charge in [0.1, 0.15) is 0 Å². The van der Waals surface area contributed by atoms with Gasteiger partial charge in [-0.3, -0.25) is 4.79 Å². The number of nitrogen functional groups attached to an aromatic ring is 2. The Kier molecular flexibility index (Phi) is 4.03. The zero-order valence-corrected chi connectivity index (χ0v) is 10.6. The molecule has 98 valence electrons. The molecule has 1 amide bonds. The molecule has 2 rings (SSSR count). The van der Waals surface area contributed by atoms with Crippen LogP contribution in [-0.2, 0) is 6.42 Å². The molecule has 2 aromatic rings. The number of hydrogen-bond acceptors (Lipinski definition) is 3. The van der Waals surface area contributed by atoms with Gasteiger partial charge in [0.25, 0.3) is 5.91 Å². The molecule has 0 aliphatic carbocycles. The van der Waals surface area contributed by atoms with E-state index < -0.39 is 0 Å². The van der Waals surface area contributed by atoms with Crippen LogP contribution in [0.1, 0.15) is 15.9 Å². The van der Waals surface area contributed by atoms with Crippen molar-refractivity contribution in [2.45, 2.75) is 6.42 Å². The average molecular weight is 255 g/mol. The van der Waals surface area contributed by atoms with E-state index in [-0.39, 0.29) is 5.91 Å². The third kappa shape index (κ3) is 3.74. The molecule has 0 atom stereocenters. The van der Waals surface area contributed by atoms with E-state index in [2.05, 4.69) is 5.32 Å². The maximum absolute atomic E-state index is 11.9. The fourth-order valence-corrected chi connectivity index (χ4v) is 1.79. The molecule has 0 radical (unpaired) electrons. The summed E-state index contributed by atoms with van der Waals surface area (Å²) < 4.78 is 0. The second-order valence-corrected chi connectivity index (χ2v) is 4.37. The molecular weight excluding hydrogens is 238 g/mol. The van der Waals surface area contributed by atoms with Gasteiger partial charge in [-0.15, -0.1) is 0 Å². The van der Waals surface area contributed by atoms with E-state index in [4.69, 9.17) is 11.5 Å². The van der Waals surface area contributed by atoms with E-state index >= 15 is 0 Å². The van der Waals surface area contributed by atoms with Gasteiger partial charge in [0.2, 0.25) is 0 Å². The Morgan fingerprint density at radius 1 is 1.00 bits per heavy atom. The van der Waals surface area contributed by atoms with Crippen molar-refractivity contribution in [2.24, 2.45) is 0 Å². The van der Waals surface area contributed by atoms with Crippen molar-refractivity contribution >= 4 is 17.3 Å². The molecule has 0 heterocycles. The molecule has 4 heteroatoms. The predicted octanol–water partition coefficient (Wildman–Crippen LogP) is 1.82. The first kappa shape index (κ1) is 13.0. The van der Waals surface area contributed by atoms with Crippen LogP contribution < -0.4 is 16.8 Å². The highest BCUT2D eigenvalue weighted by molar-refractivity contribution is 5.94. The zero-order chi connectivity index (χ0) is 13.7. The third-order valence-electron chi connectivity index (χ3n) is 2.83. The topological polar surface area (TPSA) is 81.1 Å². The Bertz CT molecular complexity index is 564. The lowest BCUT2D eigenvalue weighted by Crippen LogP contribution is -2.25. The fourth-order valence-electron chi connectivity index (χ4n) is 1.79. The summed E-state index contributed by atoms with van der Waals surface area (Å²) in [7, 11) is 0. The molecule has 4 nitrogen and oxygen atoms in total. The number of anilines is 2. The van der Waals surface area contributed by atoms with Gasteiger partial charge in [-0.2, -0.15) is 0 Å². The van der Waals surface area contributed by atoms with Gasteiger partial charge in [0.05, 0.1) is 0 Å². The smallest absolute Gasteiger partial charge is 0.251 e. The molecule has 0 aliphatic heterocycles. The minimum absolute atomic E-state index is 0.109. The molecule has 0 spiro atoms. The van der Waals surface area contributed by atoms with Gasteiger partial charge in [-0.25, -0.2) is 0 Å². The second-order valence-electron chi connectivity index (χ2n) is 4.37. The lowest BCUT2D eigenvalue weighted by Gasteiger charge is -2.06. The largest absolute Gasteiger partial charge is 0.399 e. The SMILES string of the molecule is Nc1ccc(CCNC(=O)c2cccc(N)c2)cc1. The number of rotatable bonds is 4. The Hall–Kier alpha value is -2.49. The Morgan fingerprint density at radius 3 is 2.42 bits per heavy atom. The van der Waals surface area contributed by atoms with E-state index in [9.17, 15) is 4.79 Å². The number of nitrogens with two attached hydrogens (primary N) is 2. The van der Waals surface area contributed by atoms with E-state index in [0.29, 0.717) is 17.8 Å². The third-order valence-corrected chi connectivity index (χ3v) is 2.83. The molecule has 0 unspecified atom stereocenters. The van der Waals surface area contributed by atoms with E-state index in [0.717, 1.165) is 17.7 Å². The summed E-state index contributed by atoms with van der Waals surface area (Å²) in [5.74, 6) is -0.109. The first-order valence-electron chi connectivity index (χ1n) is 6.13. The lowest BCUT2D eigenvalue weighted by molar-refractivity contribution is 0.0954. The maximum atomic E-state index is 11.9. The fraction of sp³-hybridized carbons (Fsp3) is 0.133. The highest BCUT2D eigenvalue weighted by Gasteiger charge is 2.04. The molecule has 19 heavy (non-hydrogen) atoms. The van der Waals surface area contributed by atoms with Gasteiger partial charge in [0, 0.05) is 23.5 Å². The van der Waals surface area contributed by atoms with Crippen LogP contribution in [0, 0.1) is 0 Å². The lowest BCUT2D eigenvalue weighted by atomic mass is 10.1. The highest BCUT2D eigenvalue weighted by Crippen LogP contribution is 2.07. The summed E-state index contributed by atoms with van der Waals surface area (Å²) in [6, 6.07) is 14.6. The van der Waals surface area contributed by atoms with Crippen LogP contribution in [-0.4, -0.2) is 12.5 Å². The summed E-state index contributed by atoms with van der Waals surface area (Å²) in [5.41, 5.74) is 14.3. The molecule has 0 saturated carbocycles. The zero-order valence-electron chi connectivity index (χ0n) is 10.6. The van der Waals surface area contributed by atoms with Gasteiger partial charge in [0.15, 0.2) is 0 Å². The first-order chi connectivity index (χ1) is 9.15. The standard InChI is InChI=1S/C15H17N3O/c16-13-6-4-11(5-7-13)8-9-18-15(19)12-2-1-3-14(17)10-12/h1-7,10H,8-9,16-17H2,(H,18,19). The number of hydrogen-bond donors (Lipinski definition) is 3. The average Bonchev–Trinajstić information content (AvgIpc) is 2.41. The maximum Gasteiger partial charge on any atom is 0.251 e. The summed E-state index contributed by atoms with van der Waals surface area (Å²) in [6.07, 6.45) is 0.772. The van der Waals surface area contributed by atoms with Crippen molar-refractivity contribution in [1.82, 2.24) is 5.32 Å². The van der Waals surface area contributed by atoms with Crippen molar-refractivity contribution in [2.75, 3.05) is 18.0 Å². The highest BCUT2D eigenvalue weighted by atomic mass is 16.1. The van der Waals surface area contributed by atoms with E-state index in [1.807, 2.05) is 24.3 Å². The van der Waals surface area contributed by atoms with Crippen LogP contribution >= 0.6 is 0 Å². The minimum Gasteiger partial charge on any atom is -0.399 e. The van der Waals surface area contributed by atoms with Crippen molar-refractivity contribution < 1.29 is 4.79 Å². The Morgan fingerprint density at radius 2 is 1.74 bits per heavy atom. The second kappa shape index (κ2) is 5.91. The number of benzene rings is 2. The van der Waals surface area contributed by atoms with Crippen molar-refractivity contribution in [3.05, 3.63) is 59.7 Å². The predicted molar refractivity (Wildman–Crippen MR) is 77.7 cm³/mol. The minimum atomic E-state index is -0.109. The summed E-state index contributed by atoms with van der Waals surface area (Å²) in [4.78, 5) is 11.9. The van der Waals surface area contributed by atoms with Crippen molar-refractivity contribution in [3.63, 3.8) is 0 Å². The molecule has 0 fully saturated rings. The quantitative estimate of drug-likeness (QED) is 0.729. The molecule has 0 saturated heterocycles. The molecular formula is C15H17N3O. The summed E-state index contributed by atoms with van der Waals surface area (Å²) >= 11 is 0. The monoisotopic (exact) mass is 255 g/mol. The molecule has 0 aliphatic rings. The van der Waals surface area contributed by atoms with Crippen molar-refractivity contribution in [1.29, 1.82) is 0 Å². The van der Waals surface area contributed by atoms with Gasteiger partial charge >= 0.3 is 0 Å². The summed E-state index contributed by atoms with van der Waals surface area (Å²) in [6.45, 7) is 0.581. The number of amides is 1. The van der Waals surface area contributed by atoms with Crippen LogP contribution in [0.5, 0.6) is 0 Å². The Labute approximate surface area is 112 Å². The number of carbonyl (C=O) groups is 1. The van der Waals surface area contributed by atoms with Crippen LogP contribution in [0.3, 0.4) is 0 Å². The van der Waals surface area contributed by atoms with Crippen molar-refractivity contribution in [3.8, 4) is 0 Å². The van der Waals surface area contributed by atoms with Gasteiger partial charge in [-0.1, -0.05) is 18.2 Å². The molecule has 2 aromatic carbocycles. The van der Waals surface area contributed by atoms with Crippen LogP contribution in [0.15, 0.2) is 48.5 Å². The number of carbonyl (C=O) groups excluding carboxylic acids is 1. The van der Waals surface area contributed by atoms with Crippen LogP contribution in [0.4, 0.5) is 11.4 Å². The first-order valence-corrected chi connectivity index (χ1v) is 6.13. The molecule has 5 N–H and O–H groups in total.